The zero-order chi connectivity index (χ0) is 15.9. The van der Waals surface area contributed by atoms with Crippen LogP contribution in [0, 0.1) is 0 Å². The van der Waals surface area contributed by atoms with Crippen LogP contribution in [-0.2, 0) is 12.2 Å². The van der Waals surface area contributed by atoms with Crippen molar-refractivity contribution in [1.29, 1.82) is 0 Å². The van der Waals surface area contributed by atoms with Gasteiger partial charge in [-0.2, -0.15) is 5.10 Å². The van der Waals surface area contributed by atoms with E-state index in [1.165, 1.54) is 4.52 Å². The average Bonchev–Trinajstić information content (AvgIpc) is 2.90. The van der Waals surface area contributed by atoms with E-state index in [0.29, 0.717) is 16.9 Å². The van der Waals surface area contributed by atoms with E-state index in [1.807, 2.05) is 24.3 Å². The van der Waals surface area contributed by atoms with Gasteiger partial charge in [-0.15, -0.1) is 0 Å². The van der Waals surface area contributed by atoms with Crippen LogP contribution in [0.2, 0.25) is 0 Å². The van der Waals surface area contributed by atoms with Crippen molar-refractivity contribution in [3.05, 3.63) is 58.1 Å². The molecule has 114 valence electrons. The molecule has 0 aliphatic carbocycles. The molecule has 0 aliphatic rings. The fraction of sp³-hybridized carbons (Fsp3) is 0.250. The summed E-state index contributed by atoms with van der Waals surface area (Å²) in [4.78, 5) is 14.9. The third kappa shape index (κ3) is 2.54. The van der Waals surface area contributed by atoms with E-state index in [9.17, 15) is 9.90 Å². The van der Waals surface area contributed by atoms with Crippen molar-refractivity contribution in [2.24, 2.45) is 0 Å². The molecule has 0 atom stereocenters. The van der Waals surface area contributed by atoms with Gasteiger partial charge in [0.25, 0.3) is 5.56 Å². The molecule has 0 unspecified atom stereocenters. The smallest absolute Gasteiger partial charge is 0.274 e. The van der Waals surface area contributed by atoms with Crippen LogP contribution in [0.4, 0.5) is 0 Å². The molecule has 6 nitrogen and oxygen atoms in total. The minimum absolute atomic E-state index is 0.212. The van der Waals surface area contributed by atoms with Crippen LogP contribution in [0.1, 0.15) is 25.1 Å². The third-order valence-electron chi connectivity index (χ3n) is 3.58. The first kappa shape index (κ1) is 14.5. The number of aromatic amines is 1. The standard InChI is InChI=1S/C16H17N3O3/c1-16(2,22)11-5-3-10(4-6-11)13-8-19-14(15(21)17-13)7-12(9-20)18-19/h3-8,20,22H,9H2,1-2H3,(H,17,21). The number of hydrogen-bond donors (Lipinski definition) is 3. The van der Waals surface area contributed by atoms with Crippen LogP contribution in [0.25, 0.3) is 16.8 Å². The molecule has 0 radical (unpaired) electrons. The van der Waals surface area contributed by atoms with E-state index >= 15 is 0 Å². The summed E-state index contributed by atoms with van der Waals surface area (Å²) in [5.41, 5.74) is 1.88. The van der Waals surface area contributed by atoms with Gasteiger partial charge in [-0.25, -0.2) is 4.52 Å². The number of fused-ring (bicyclic) bond motifs is 1. The van der Waals surface area contributed by atoms with Crippen LogP contribution < -0.4 is 5.56 Å². The molecule has 2 heterocycles. The number of nitrogens with one attached hydrogen (secondary N) is 1. The second kappa shape index (κ2) is 5.08. The highest BCUT2D eigenvalue weighted by molar-refractivity contribution is 5.61. The highest BCUT2D eigenvalue weighted by atomic mass is 16.3. The fourth-order valence-electron chi connectivity index (χ4n) is 2.34. The van der Waals surface area contributed by atoms with E-state index in [1.54, 1.807) is 26.1 Å². The Kier molecular flexibility index (Phi) is 3.35. The molecule has 0 aliphatic heterocycles. The first-order chi connectivity index (χ1) is 10.4. The minimum Gasteiger partial charge on any atom is -0.390 e. The van der Waals surface area contributed by atoms with Gasteiger partial charge in [-0.05, 0) is 31.0 Å². The molecule has 0 saturated carbocycles. The van der Waals surface area contributed by atoms with Crippen LogP contribution >= 0.6 is 0 Å². The minimum atomic E-state index is -0.909. The molecule has 3 aromatic rings. The van der Waals surface area contributed by atoms with Crippen molar-refractivity contribution in [2.45, 2.75) is 26.1 Å². The first-order valence-electron chi connectivity index (χ1n) is 6.94. The predicted molar refractivity (Wildman–Crippen MR) is 82.4 cm³/mol. The number of aliphatic hydroxyl groups is 2. The topological polar surface area (TPSA) is 90.6 Å². The molecule has 0 fully saturated rings. The zero-order valence-corrected chi connectivity index (χ0v) is 12.4. The summed E-state index contributed by atoms with van der Waals surface area (Å²) in [6.45, 7) is 3.23. The molecule has 0 amide bonds. The number of benzene rings is 1. The lowest BCUT2D eigenvalue weighted by Crippen LogP contribution is -2.15. The fourth-order valence-corrected chi connectivity index (χ4v) is 2.34. The summed E-state index contributed by atoms with van der Waals surface area (Å²) in [6, 6.07) is 8.86. The highest BCUT2D eigenvalue weighted by Gasteiger charge is 2.15. The van der Waals surface area contributed by atoms with E-state index in [2.05, 4.69) is 10.1 Å². The van der Waals surface area contributed by atoms with Crippen molar-refractivity contribution >= 4 is 5.52 Å². The highest BCUT2D eigenvalue weighted by Crippen LogP contribution is 2.23. The van der Waals surface area contributed by atoms with E-state index in [-0.39, 0.29) is 12.2 Å². The molecule has 1 aromatic carbocycles. The lowest BCUT2D eigenvalue weighted by atomic mass is 9.97. The van der Waals surface area contributed by atoms with Gasteiger partial charge < -0.3 is 15.2 Å². The first-order valence-corrected chi connectivity index (χ1v) is 6.94. The Morgan fingerprint density at radius 1 is 1.27 bits per heavy atom. The molecular formula is C16H17N3O3. The number of nitrogens with zero attached hydrogens (tertiary/aromatic N) is 2. The van der Waals surface area contributed by atoms with E-state index < -0.39 is 5.60 Å². The molecular weight excluding hydrogens is 282 g/mol. The number of H-pyrrole nitrogens is 1. The molecule has 22 heavy (non-hydrogen) atoms. The molecule has 2 aromatic heterocycles. The van der Waals surface area contributed by atoms with E-state index in [4.69, 9.17) is 5.11 Å². The molecule has 6 heteroatoms. The summed E-state index contributed by atoms with van der Waals surface area (Å²) in [5, 5.41) is 23.2. The number of rotatable bonds is 3. The molecule has 0 bridgehead atoms. The Hall–Kier alpha value is -2.44. The maximum absolute atomic E-state index is 12.1. The van der Waals surface area contributed by atoms with Gasteiger partial charge in [0.2, 0.25) is 0 Å². The maximum Gasteiger partial charge on any atom is 0.274 e. The maximum atomic E-state index is 12.1. The Balaban J connectivity index is 2.08. The number of aromatic nitrogens is 3. The molecule has 3 N–H and O–H groups in total. The SMILES string of the molecule is CC(C)(O)c1ccc(-c2cn3nc(CO)cc3c(=O)[nH]2)cc1. The van der Waals surface area contributed by atoms with Crippen molar-refractivity contribution in [1.82, 2.24) is 14.6 Å². The van der Waals surface area contributed by atoms with Gasteiger partial charge in [0.1, 0.15) is 5.52 Å². The van der Waals surface area contributed by atoms with Gasteiger partial charge in [0.15, 0.2) is 0 Å². The lowest BCUT2D eigenvalue weighted by Gasteiger charge is -2.17. The predicted octanol–water partition coefficient (Wildman–Crippen LogP) is 1.41. The van der Waals surface area contributed by atoms with Gasteiger partial charge >= 0.3 is 0 Å². The van der Waals surface area contributed by atoms with Crippen LogP contribution in [0.15, 0.2) is 41.3 Å². The summed E-state index contributed by atoms with van der Waals surface area (Å²) in [5.74, 6) is 0. The third-order valence-corrected chi connectivity index (χ3v) is 3.58. The Labute approximate surface area is 126 Å². The molecule has 3 rings (SSSR count). The normalized spacial score (nSPS) is 12.0. The van der Waals surface area contributed by atoms with Crippen molar-refractivity contribution in [3.63, 3.8) is 0 Å². The van der Waals surface area contributed by atoms with Crippen LogP contribution in [0.5, 0.6) is 0 Å². The average molecular weight is 299 g/mol. The number of hydrogen-bond acceptors (Lipinski definition) is 4. The summed E-state index contributed by atoms with van der Waals surface area (Å²) in [6.07, 6.45) is 1.70. The summed E-state index contributed by atoms with van der Waals surface area (Å²) >= 11 is 0. The quantitative estimate of drug-likeness (QED) is 0.682. The van der Waals surface area contributed by atoms with Gasteiger partial charge in [-0.3, -0.25) is 4.79 Å². The zero-order valence-electron chi connectivity index (χ0n) is 12.4. The monoisotopic (exact) mass is 299 g/mol. The second-order valence-electron chi connectivity index (χ2n) is 5.76. The molecule has 0 saturated heterocycles. The summed E-state index contributed by atoms with van der Waals surface area (Å²) in [7, 11) is 0. The Morgan fingerprint density at radius 2 is 1.95 bits per heavy atom. The van der Waals surface area contributed by atoms with Crippen LogP contribution in [-0.4, -0.2) is 24.8 Å². The second-order valence-corrected chi connectivity index (χ2v) is 5.76. The van der Waals surface area contributed by atoms with Gasteiger partial charge in [-0.1, -0.05) is 24.3 Å². The Bertz CT molecular complexity index is 870. The van der Waals surface area contributed by atoms with Crippen molar-refractivity contribution < 1.29 is 10.2 Å². The molecule has 0 spiro atoms. The summed E-state index contributed by atoms with van der Waals surface area (Å²) < 4.78 is 1.46. The van der Waals surface area contributed by atoms with Crippen molar-refractivity contribution in [3.8, 4) is 11.3 Å². The number of aliphatic hydroxyl groups excluding tert-OH is 1. The Morgan fingerprint density at radius 3 is 2.55 bits per heavy atom. The van der Waals surface area contributed by atoms with Gasteiger partial charge in [0.05, 0.1) is 29.8 Å². The van der Waals surface area contributed by atoms with E-state index in [0.717, 1.165) is 11.1 Å². The van der Waals surface area contributed by atoms with Gasteiger partial charge in [0, 0.05) is 0 Å². The van der Waals surface area contributed by atoms with Crippen molar-refractivity contribution in [2.75, 3.05) is 0 Å². The lowest BCUT2D eigenvalue weighted by molar-refractivity contribution is 0.0786. The van der Waals surface area contributed by atoms with Crippen LogP contribution in [0.3, 0.4) is 0 Å². The largest absolute Gasteiger partial charge is 0.390 e.